The number of nitriles is 1. The molecule has 2 aromatic rings. The van der Waals surface area contributed by atoms with E-state index in [0.29, 0.717) is 5.56 Å². The van der Waals surface area contributed by atoms with Crippen LogP contribution in [0.5, 0.6) is 5.75 Å². The van der Waals surface area contributed by atoms with E-state index in [0.717, 1.165) is 12.1 Å². The Morgan fingerprint density at radius 3 is 2.57 bits per heavy atom. The molecule has 0 spiro atoms. The first-order chi connectivity index (χ1) is 10.0. The Kier molecular flexibility index (Phi) is 4.14. The minimum atomic E-state index is -1.24. The third-order valence-electron chi connectivity index (χ3n) is 2.72. The van der Waals surface area contributed by atoms with Crippen LogP contribution in [0, 0.1) is 23.0 Å². The summed E-state index contributed by atoms with van der Waals surface area (Å²) in [4.78, 5) is 10.7. The van der Waals surface area contributed by atoms with Crippen LogP contribution in [0.25, 0.3) is 0 Å². The Morgan fingerprint density at radius 2 is 1.95 bits per heavy atom. The number of carboxylic acid groups (broad SMARTS) is 1. The van der Waals surface area contributed by atoms with Gasteiger partial charge in [0.05, 0.1) is 11.1 Å². The van der Waals surface area contributed by atoms with Crippen LogP contribution in [0.1, 0.15) is 21.5 Å². The van der Waals surface area contributed by atoms with Crippen molar-refractivity contribution in [1.29, 1.82) is 5.26 Å². The molecule has 0 radical (unpaired) electrons. The van der Waals surface area contributed by atoms with Gasteiger partial charge in [-0.2, -0.15) is 5.26 Å². The lowest BCUT2D eigenvalue weighted by atomic mass is 10.1. The van der Waals surface area contributed by atoms with Gasteiger partial charge in [-0.15, -0.1) is 0 Å². The predicted molar refractivity (Wildman–Crippen MR) is 68.8 cm³/mol. The monoisotopic (exact) mass is 289 g/mol. The number of ether oxygens (including phenoxy) is 1. The molecule has 0 saturated heterocycles. The number of hydrogen-bond acceptors (Lipinski definition) is 3. The highest BCUT2D eigenvalue weighted by Gasteiger charge is 2.10. The number of hydrogen-bond donors (Lipinski definition) is 1. The largest absolute Gasteiger partial charge is 0.486 e. The SMILES string of the molecule is N#Cc1cc(COc2ccc(C(=O)O)cc2F)ccc1F. The van der Waals surface area contributed by atoms with Crippen molar-refractivity contribution in [3.8, 4) is 11.8 Å². The summed E-state index contributed by atoms with van der Waals surface area (Å²) in [5.74, 6) is -2.81. The van der Waals surface area contributed by atoms with Crippen LogP contribution >= 0.6 is 0 Å². The van der Waals surface area contributed by atoms with Gasteiger partial charge in [-0.1, -0.05) is 6.07 Å². The van der Waals surface area contributed by atoms with E-state index in [1.54, 1.807) is 6.07 Å². The van der Waals surface area contributed by atoms with Gasteiger partial charge in [-0.25, -0.2) is 13.6 Å². The van der Waals surface area contributed by atoms with Crippen molar-refractivity contribution in [3.05, 3.63) is 64.7 Å². The van der Waals surface area contributed by atoms with Crippen LogP contribution < -0.4 is 4.74 Å². The zero-order valence-electron chi connectivity index (χ0n) is 10.6. The Hall–Kier alpha value is -2.94. The second-order valence-electron chi connectivity index (χ2n) is 4.17. The number of nitrogens with zero attached hydrogens (tertiary/aromatic N) is 1. The average molecular weight is 289 g/mol. The summed E-state index contributed by atoms with van der Waals surface area (Å²) >= 11 is 0. The van der Waals surface area contributed by atoms with Crippen molar-refractivity contribution in [2.24, 2.45) is 0 Å². The van der Waals surface area contributed by atoms with Gasteiger partial charge in [-0.3, -0.25) is 0 Å². The molecule has 0 aromatic heterocycles. The quantitative estimate of drug-likeness (QED) is 0.938. The molecule has 0 bridgehead atoms. The van der Waals surface area contributed by atoms with E-state index >= 15 is 0 Å². The van der Waals surface area contributed by atoms with Crippen LogP contribution in [0.4, 0.5) is 8.78 Å². The Bertz CT molecular complexity index is 738. The van der Waals surface area contributed by atoms with Crippen LogP contribution in [0.2, 0.25) is 0 Å². The van der Waals surface area contributed by atoms with Crippen molar-refractivity contribution in [2.75, 3.05) is 0 Å². The van der Waals surface area contributed by atoms with E-state index < -0.39 is 17.6 Å². The lowest BCUT2D eigenvalue weighted by molar-refractivity contribution is 0.0696. The fourth-order valence-corrected chi connectivity index (χ4v) is 1.66. The number of benzene rings is 2. The summed E-state index contributed by atoms with van der Waals surface area (Å²) in [6.07, 6.45) is 0. The summed E-state index contributed by atoms with van der Waals surface area (Å²) in [7, 11) is 0. The molecule has 0 fully saturated rings. The van der Waals surface area contributed by atoms with Crippen molar-refractivity contribution in [3.63, 3.8) is 0 Å². The summed E-state index contributed by atoms with van der Waals surface area (Å²) in [6, 6.07) is 8.81. The van der Waals surface area contributed by atoms with E-state index in [-0.39, 0.29) is 23.5 Å². The van der Waals surface area contributed by atoms with Crippen LogP contribution in [-0.2, 0) is 6.61 Å². The molecule has 0 unspecified atom stereocenters. The highest BCUT2D eigenvalue weighted by atomic mass is 19.1. The minimum Gasteiger partial charge on any atom is -0.486 e. The Labute approximate surface area is 118 Å². The third kappa shape index (κ3) is 3.34. The third-order valence-corrected chi connectivity index (χ3v) is 2.72. The van der Waals surface area contributed by atoms with Gasteiger partial charge < -0.3 is 9.84 Å². The summed E-state index contributed by atoms with van der Waals surface area (Å²) < 4.78 is 32.0. The van der Waals surface area contributed by atoms with E-state index in [1.165, 1.54) is 24.3 Å². The van der Waals surface area contributed by atoms with Crippen molar-refractivity contribution < 1.29 is 23.4 Å². The lowest BCUT2D eigenvalue weighted by Crippen LogP contribution is -2.01. The number of halogens is 2. The molecule has 21 heavy (non-hydrogen) atoms. The van der Waals surface area contributed by atoms with Gasteiger partial charge in [0.25, 0.3) is 0 Å². The predicted octanol–water partition coefficient (Wildman–Crippen LogP) is 3.11. The van der Waals surface area contributed by atoms with Gasteiger partial charge >= 0.3 is 5.97 Å². The molecule has 4 nitrogen and oxygen atoms in total. The molecule has 0 aliphatic carbocycles. The maximum absolute atomic E-state index is 13.6. The fraction of sp³-hybridized carbons (Fsp3) is 0.0667. The molecule has 1 N–H and O–H groups in total. The van der Waals surface area contributed by atoms with Crippen molar-refractivity contribution in [1.82, 2.24) is 0 Å². The molecule has 0 amide bonds. The zero-order chi connectivity index (χ0) is 15.4. The lowest BCUT2D eigenvalue weighted by Gasteiger charge is -2.08. The van der Waals surface area contributed by atoms with Gasteiger partial charge in [0.2, 0.25) is 0 Å². The number of carbonyl (C=O) groups is 1. The van der Waals surface area contributed by atoms with E-state index in [4.69, 9.17) is 15.1 Å². The maximum atomic E-state index is 13.6. The van der Waals surface area contributed by atoms with E-state index in [9.17, 15) is 13.6 Å². The van der Waals surface area contributed by atoms with Gasteiger partial charge in [0, 0.05) is 0 Å². The molecule has 2 rings (SSSR count). The molecular formula is C15H9F2NO3. The molecule has 6 heteroatoms. The normalized spacial score (nSPS) is 9.95. The molecular weight excluding hydrogens is 280 g/mol. The molecule has 0 aliphatic rings. The zero-order valence-corrected chi connectivity index (χ0v) is 10.6. The Balaban J connectivity index is 2.13. The first-order valence-electron chi connectivity index (χ1n) is 5.85. The van der Waals surface area contributed by atoms with Gasteiger partial charge in [0.15, 0.2) is 11.6 Å². The van der Waals surface area contributed by atoms with Crippen LogP contribution in [0.15, 0.2) is 36.4 Å². The minimum absolute atomic E-state index is 0.0711. The van der Waals surface area contributed by atoms with E-state index in [1.807, 2.05) is 0 Å². The summed E-state index contributed by atoms with van der Waals surface area (Å²) in [6.45, 7) is -0.0711. The topological polar surface area (TPSA) is 70.3 Å². The number of aromatic carboxylic acids is 1. The van der Waals surface area contributed by atoms with Crippen LogP contribution in [-0.4, -0.2) is 11.1 Å². The number of rotatable bonds is 4. The smallest absolute Gasteiger partial charge is 0.335 e. The molecule has 0 heterocycles. The van der Waals surface area contributed by atoms with Crippen LogP contribution in [0.3, 0.4) is 0 Å². The van der Waals surface area contributed by atoms with Gasteiger partial charge in [0.1, 0.15) is 18.5 Å². The standard InChI is InChI=1S/C15H9F2NO3/c16-12-3-1-9(5-11(12)7-18)8-21-14-4-2-10(15(19)20)6-13(14)17/h1-6H,8H2,(H,19,20). The van der Waals surface area contributed by atoms with Gasteiger partial charge in [-0.05, 0) is 35.9 Å². The maximum Gasteiger partial charge on any atom is 0.335 e. The second-order valence-corrected chi connectivity index (χ2v) is 4.17. The molecule has 0 saturated carbocycles. The van der Waals surface area contributed by atoms with Crippen molar-refractivity contribution >= 4 is 5.97 Å². The Morgan fingerprint density at radius 1 is 1.19 bits per heavy atom. The van der Waals surface area contributed by atoms with E-state index in [2.05, 4.69) is 0 Å². The molecule has 0 aliphatic heterocycles. The molecule has 0 atom stereocenters. The first-order valence-corrected chi connectivity index (χ1v) is 5.85. The average Bonchev–Trinajstić information content (AvgIpc) is 2.47. The second kappa shape index (κ2) is 6.01. The number of carboxylic acids is 1. The first kappa shape index (κ1) is 14.5. The highest BCUT2D eigenvalue weighted by Crippen LogP contribution is 2.20. The fourth-order valence-electron chi connectivity index (χ4n) is 1.66. The van der Waals surface area contributed by atoms with Crippen molar-refractivity contribution in [2.45, 2.75) is 6.61 Å². The highest BCUT2D eigenvalue weighted by molar-refractivity contribution is 5.87. The molecule has 2 aromatic carbocycles. The summed E-state index contributed by atoms with van der Waals surface area (Å²) in [5, 5.41) is 17.4. The molecule has 106 valence electrons. The summed E-state index contributed by atoms with van der Waals surface area (Å²) in [5.41, 5.74) is 0.181.